The quantitative estimate of drug-likeness (QED) is 0.525. The highest BCUT2D eigenvalue weighted by atomic mass is 19.1. The average Bonchev–Trinajstić information content (AvgIpc) is 2.32. The molecule has 0 aliphatic heterocycles. The Bertz CT molecular complexity index is 449. The SMILES string of the molecule is CCCCCC(C)Nc1cc(C(N)=O)c(N)cc1F. The van der Waals surface area contributed by atoms with E-state index in [-0.39, 0.29) is 23.0 Å². The highest BCUT2D eigenvalue weighted by Crippen LogP contribution is 2.23. The topological polar surface area (TPSA) is 81.1 Å². The minimum Gasteiger partial charge on any atom is -0.398 e. The number of benzene rings is 1. The molecule has 1 atom stereocenters. The monoisotopic (exact) mass is 267 g/mol. The van der Waals surface area contributed by atoms with E-state index in [1.54, 1.807) is 0 Å². The van der Waals surface area contributed by atoms with Gasteiger partial charge in [0.2, 0.25) is 0 Å². The third-order valence-electron chi connectivity index (χ3n) is 3.05. The number of hydrogen-bond donors (Lipinski definition) is 3. The van der Waals surface area contributed by atoms with Crippen LogP contribution < -0.4 is 16.8 Å². The van der Waals surface area contributed by atoms with Crippen molar-refractivity contribution in [2.75, 3.05) is 11.1 Å². The molecule has 1 aromatic rings. The van der Waals surface area contributed by atoms with Crippen LogP contribution in [-0.2, 0) is 0 Å². The van der Waals surface area contributed by atoms with Gasteiger partial charge in [-0.3, -0.25) is 4.79 Å². The van der Waals surface area contributed by atoms with Crippen LogP contribution >= 0.6 is 0 Å². The summed E-state index contributed by atoms with van der Waals surface area (Å²) in [5.74, 6) is -1.12. The Hall–Kier alpha value is -1.78. The molecule has 0 aromatic heterocycles. The van der Waals surface area contributed by atoms with Gasteiger partial charge >= 0.3 is 0 Å². The van der Waals surface area contributed by atoms with E-state index in [0.717, 1.165) is 31.7 Å². The Morgan fingerprint density at radius 2 is 2.11 bits per heavy atom. The molecule has 0 saturated heterocycles. The maximum Gasteiger partial charge on any atom is 0.250 e. The second-order valence-electron chi connectivity index (χ2n) is 4.82. The zero-order valence-corrected chi connectivity index (χ0v) is 11.5. The normalized spacial score (nSPS) is 12.2. The standard InChI is InChI=1S/C14H22FN3O/c1-3-4-5-6-9(2)18-13-7-10(14(17)19)12(16)8-11(13)15/h7-9,18H,3-6,16H2,1-2H3,(H2,17,19). The average molecular weight is 267 g/mol. The van der Waals surface area contributed by atoms with Gasteiger partial charge in [-0.15, -0.1) is 0 Å². The first-order valence-electron chi connectivity index (χ1n) is 6.61. The van der Waals surface area contributed by atoms with Crippen molar-refractivity contribution in [1.29, 1.82) is 0 Å². The largest absolute Gasteiger partial charge is 0.398 e. The Balaban J connectivity index is 2.77. The van der Waals surface area contributed by atoms with Crippen LogP contribution in [-0.4, -0.2) is 11.9 Å². The van der Waals surface area contributed by atoms with Crippen LogP contribution in [0.1, 0.15) is 49.9 Å². The Morgan fingerprint density at radius 1 is 1.42 bits per heavy atom. The van der Waals surface area contributed by atoms with Crippen molar-refractivity contribution in [2.24, 2.45) is 5.73 Å². The van der Waals surface area contributed by atoms with E-state index in [0.29, 0.717) is 0 Å². The number of primary amides is 1. The van der Waals surface area contributed by atoms with Crippen molar-refractivity contribution in [1.82, 2.24) is 0 Å². The fraction of sp³-hybridized carbons (Fsp3) is 0.500. The van der Waals surface area contributed by atoms with E-state index in [1.165, 1.54) is 6.07 Å². The smallest absolute Gasteiger partial charge is 0.250 e. The number of carbonyl (C=O) groups excluding carboxylic acids is 1. The molecular formula is C14H22FN3O. The van der Waals surface area contributed by atoms with Crippen molar-refractivity contribution in [3.8, 4) is 0 Å². The maximum atomic E-state index is 13.7. The minimum absolute atomic E-state index is 0.0641. The van der Waals surface area contributed by atoms with Gasteiger partial charge in [0.25, 0.3) is 5.91 Å². The van der Waals surface area contributed by atoms with Gasteiger partial charge in [-0.2, -0.15) is 0 Å². The van der Waals surface area contributed by atoms with Crippen LogP contribution in [0.25, 0.3) is 0 Å². The van der Waals surface area contributed by atoms with Crippen LogP contribution in [0.5, 0.6) is 0 Å². The summed E-state index contributed by atoms with van der Waals surface area (Å²) < 4.78 is 13.7. The first-order chi connectivity index (χ1) is 8.95. The summed E-state index contributed by atoms with van der Waals surface area (Å²) in [4.78, 5) is 11.2. The Kier molecular flexibility index (Phi) is 5.60. The summed E-state index contributed by atoms with van der Waals surface area (Å²) >= 11 is 0. The van der Waals surface area contributed by atoms with Crippen molar-refractivity contribution < 1.29 is 9.18 Å². The predicted octanol–water partition coefficient (Wildman–Crippen LogP) is 2.89. The number of nitrogen functional groups attached to an aromatic ring is 1. The number of anilines is 2. The molecule has 1 amide bonds. The molecule has 0 saturated carbocycles. The van der Waals surface area contributed by atoms with Gasteiger partial charge in [0.15, 0.2) is 0 Å². The third kappa shape index (κ3) is 4.43. The molecule has 0 heterocycles. The van der Waals surface area contributed by atoms with Crippen LogP contribution in [0.2, 0.25) is 0 Å². The zero-order chi connectivity index (χ0) is 14.4. The molecule has 1 rings (SSSR count). The molecule has 1 unspecified atom stereocenters. The van der Waals surface area contributed by atoms with E-state index in [4.69, 9.17) is 11.5 Å². The minimum atomic E-state index is -0.654. The van der Waals surface area contributed by atoms with Crippen LogP contribution in [0.3, 0.4) is 0 Å². The molecule has 0 radical (unpaired) electrons. The van der Waals surface area contributed by atoms with E-state index < -0.39 is 11.7 Å². The Labute approximate surface area is 113 Å². The second kappa shape index (κ2) is 6.97. The molecular weight excluding hydrogens is 245 g/mol. The number of halogens is 1. The molecule has 0 spiro atoms. The lowest BCUT2D eigenvalue weighted by atomic mass is 10.1. The molecule has 19 heavy (non-hydrogen) atoms. The molecule has 0 fully saturated rings. The fourth-order valence-electron chi connectivity index (χ4n) is 1.95. The van der Waals surface area contributed by atoms with Gasteiger partial charge in [-0.25, -0.2) is 4.39 Å². The molecule has 5 heteroatoms. The van der Waals surface area contributed by atoms with Crippen LogP contribution in [0.4, 0.5) is 15.8 Å². The van der Waals surface area contributed by atoms with Crippen molar-refractivity contribution in [3.05, 3.63) is 23.5 Å². The zero-order valence-electron chi connectivity index (χ0n) is 11.5. The molecule has 1 aromatic carbocycles. The van der Waals surface area contributed by atoms with Crippen LogP contribution in [0, 0.1) is 5.82 Å². The van der Waals surface area contributed by atoms with Crippen molar-refractivity contribution in [2.45, 2.75) is 45.6 Å². The summed E-state index contributed by atoms with van der Waals surface area (Å²) in [7, 11) is 0. The van der Waals surface area contributed by atoms with E-state index in [9.17, 15) is 9.18 Å². The maximum absolute atomic E-state index is 13.7. The third-order valence-corrected chi connectivity index (χ3v) is 3.05. The number of unbranched alkanes of at least 4 members (excludes halogenated alkanes) is 2. The fourth-order valence-corrected chi connectivity index (χ4v) is 1.95. The number of carbonyl (C=O) groups is 1. The second-order valence-corrected chi connectivity index (χ2v) is 4.82. The predicted molar refractivity (Wildman–Crippen MR) is 76.6 cm³/mol. The molecule has 5 N–H and O–H groups in total. The molecule has 0 aliphatic rings. The van der Waals surface area contributed by atoms with Gasteiger partial charge in [-0.05, 0) is 25.5 Å². The van der Waals surface area contributed by atoms with E-state index in [1.807, 2.05) is 6.92 Å². The van der Waals surface area contributed by atoms with Crippen LogP contribution in [0.15, 0.2) is 12.1 Å². The lowest BCUT2D eigenvalue weighted by molar-refractivity contribution is 0.100. The summed E-state index contributed by atoms with van der Waals surface area (Å²) in [6.45, 7) is 4.12. The molecule has 0 bridgehead atoms. The highest BCUT2D eigenvalue weighted by Gasteiger charge is 2.13. The first-order valence-corrected chi connectivity index (χ1v) is 6.61. The van der Waals surface area contributed by atoms with Gasteiger partial charge in [0.05, 0.1) is 11.3 Å². The number of nitrogens with one attached hydrogen (secondary N) is 1. The van der Waals surface area contributed by atoms with E-state index >= 15 is 0 Å². The van der Waals surface area contributed by atoms with Gasteiger partial charge in [-0.1, -0.05) is 26.2 Å². The number of rotatable bonds is 7. The summed E-state index contributed by atoms with van der Waals surface area (Å²) in [6, 6.07) is 2.63. The molecule has 4 nitrogen and oxygen atoms in total. The molecule has 106 valence electrons. The summed E-state index contributed by atoms with van der Waals surface area (Å²) in [5.41, 5.74) is 11.2. The van der Waals surface area contributed by atoms with Gasteiger partial charge in [0.1, 0.15) is 5.82 Å². The van der Waals surface area contributed by atoms with Gasteiger partial charge < -0.3 is 16.8 Å². The van der Waals surface area contributed by atoms with E-state index in [2.05, 4.69) is 12.2 Å². The highest BCUT2D eigenvalue weighted by molar-refractivity contribution is 5.99. The first kappa shape index (κ1) is 15.3. The Morgan fingerprint density at radius 3 is 2.68 bits per heavy atom. The lowest BCUT2D eigenvalue weighted by Crippen LogP contribution is -2.18. The lowest BCUT2D eigenvalue weighted by Gasteiger charge is -2.17. The van der Waals surface area contributed by atoms with Crippen molar-refractivity contribution >= 4 is 17.3 Å². The molecule has 0 aliphatic carbocycles. The summed E-state index contributed by atoms with van der Waals surface area (Å²) in [6.07, 6.45) is 4.34. The number of hydrogen-bond acceptors (Lipinski definition) is 3. The number of nitrogens with two attached hydrogens (primary N) is 2. The summed E-state index contributed by atoms with van der Waals surface area (Å²) in [5, 5.41) is 3.05. The van der Waals surface area contributed by atoms with Crippen molar-refractivity contribution in [3.63, 3.8) is 0 Å². The number of amides is 1. The van der Waals surface area contributed by atoms with Gasteiger partial charge in [0, 0.05) is 11.7 Å².